The first-order chi connectivity index (χ1) is 6.75. The molecule has 5 heteroatoms. The van der Waals surface area contributed by atoms with Crippen molar-refractivity contribution < 1.29 is 0 Å². The first-order valence-corrected chi connectivity index (χ1v) is 5.09. The van der Waals surface area contributed by atoms with Crippen molar-refractivity contribution in [1.29, 1.82) is 0 Å². The van der Waals surface area contributed by atoms with Crippen LogP contribution in [0.4, 0.5) is 0 Å². The molecule has 1 saturated heterocycles. The summed E-state index contributed by atoms with van der Waals surface area (Å²) in [5.41, 5.74) is -0.233. The normalized spacial score (nSPS) is 21.4. The summed E-state index contributed by atoms with van der Waals surface area (Å²) < 4.78 is 1.56. The number of hydrogen-bond acceptors (Lipinski definition) is 3. The number of hydrogen-bond donors (Lipinski definition) is 1. The minimum Gasteiger partial charge on any atom is -0.312 e. The molecular formula is C9H12ClN3O. The van der Waals surface area contributed by atoms with Gasteiger partial charge in [-0.3, -0.25) is 4.57 Å². The fourth-order valence-corrected chi connectivity index (χ4v) is 1.88. The van der Waals surface area contributed by atoms with E-state index >= 15 is 0 Å². The molecule has 0 unspecified atom stereocenters. The quantitative estimate of drug-likeness (QED) is 0.785. The van der Waals surface area contributed by atoms with Gasteiger partial charge in [-0.25, -0.2) is 9.78 Å². The van der Waals surface area contributed by atoms with Gasteiger partial charge in [-0.05, 0) is 19.4 Å². The molecule has 1 fully saturated rings. The molecule has 0 saturated carbocycles. The molecular weight excluding hydrogens is 202 g/mol. The third kappa shape index (κ3) is 2.13. The summed E-state index contributed by atoms with van der Waals surface area (Å²) in [6.07, 6.45) is 5.30. The van der Waals surface area contributed by atoms with Crippen LogP contribution in [0.1, 0.15) is 12.8 Å². The standard InChI is InChI=1S/C9H12ClN3O/c10-7-4-12-9(14)13(5-7)6-8-2-1-3-11-8/h4-5,8,11H,1-3,6H2/t8-/m1/s1. The molecule has 1 aromatic heterocycles. The maximum absolute atomic E-state index is 11.3. The Morgan fingerprint density at radius 2 is 2.57 bits per heavy atom. The second-order valence-electron chi connectivity index (χ2n) is 3.50. The lowest BCUT2D eigenvalue weighted by Gasteiger charge is -2.11. The molecule has 0 bridgehead atoms. The van der Waals surface area contributed by atoms with Crippen LogP contribution in [0, 0.1) is 0 Å². The van der Waals surface area contributed by atoms with E-state index in [1.807, 2.05) is 0 Å². The van der Waals surface area contributed by atoms with Crippen molar-refractivity contribution in [3.05, 3.63) is 27.9 Å². The van der Waals surface area contributed by atoms with Crippen LogP contribution >= 0.6 is 11.6 Å². The average Bonchev–Trinajstić information content (AvgIpc) is 2.64. The Hall–Kier alpha value is -0.870. The lowest BCUT2D eigenvalue weighted by Crippen LogP contribution is -2.32. The van der Waals surface area contributed by atoms with Gasteiger partial charge < -0.3 is 5.32 Å². The van der Waals surface area contributed by atoms with Gasteiger partial charge in [-0.2, -0.15) is 0 Å². The highest BCUT2D eigenvalue weighted by molar-refractivity contribution is 6.30. The number of halogens is 1. The van der Waals surface area contributed by atoms with E-state index in [0.29, 0.717) is 17.6 Å². The molecule has 1 aliphatic rings. The van der Waals surface area contributed by atoms with Gasteiger partial charge in [0.25, 0.3) is 0 Å². The maximum atomic E-state index is 11.3. The zero-order chi connectivity index (χ0) is 9.97. The molecule has 14 heavy (non-hydrogen) atoms. The molecule has 76 valence electrons. The van der Waals surface area contributed by atoms with Gasteiger partial charge in [0.1, 0.15) is 0 Å². The van der Waals surface area contributed by atoms with Gasteiger partial charge in [0.15, 0.2) is 0 Å². The smallest absolute Gasteiger partial charge is 0.312 e. The summed E-state index contributed by atoms with van der Waals surface area (Å²) in [5.74, 6) is 0. The fraction of sp³-hybridized carbons (Fsp3) is 0.556. The number of aromatic nitrogens is 2. The van der Waals surface area contributed by atoms with Gasteiger partial charge in [0, 0.05) is 18.8 Å². The Balaban J connectivity index is 2.15. The summed E-state index contributed by atoms with van der Waals surface area (Å²) in [5, 5.41) is 3.82. The predicted octanol–water partition coefficient (Wildman–Crippen LogP) is 0.649. The number of nitrogens with one attached hydrogen (secondary N) is 1. The minimum absolute atomic E-state index is 0.233. The van der Waals surface area contributed by atoms with Crippen molar-refractivity contribution >= 4 is 11.6 Å². The lowest BCUT2D eigenvalue weighted by molar-refractivity contribution is 0.493. The zero-order valence-corrected chi connectivity index (χ0v) is 8.50. The van der Waals surface area contributed by atoms with E-state index in [9.17, 15) is 4.79 Å². The molecule has 0 aromatic carbocycles. The van der Waals surface area contributed by atoms with E-state index in [4.69, 9.17) is 11.6 Å². The van der Waals surface area contributed by atoms with E-state index in [1.54, 1.807) is 10.8 Å². The largest absolute Gasteiger partial charge is 0.347 e. The van der Waals surface area contributed by atoms with Crippen LogP contribution in [0.2, 0.25) is 5.02 Å². The van der Waals surface area contributed by atoms with Crippen molar-refractivity contribution in [1.82, 2.24) is 14.9 Å². The van der Waals surface area contributed by atoms with E-state index in [2.05, 4.69) is 10.3 Å². The first kappa shape index (κ1) is 9.68. The molecule has 1 aliphatic heterocycles. The van der Waals surface area contributed by atoms with Gasteiger partial charge in [0.2, 0.25) is 0 Å². The van der Waals surface area contributed by atoms with Gasteiger partial charge in [-0.1, -0.05) is 11.6 Å². The van der Waals surface area contributed by atoms with Gasteiger partial charge in [0.05, 0.1) is 11.2 Å². The highest BCUT2D eigenvalue weighted by atomic mass is 35.5. The topological polar surface area (TPSA) is 46.9 Å². The molecule has 2 heterocycles. The number of nitrogens with zero attached hydrogens (tertiary/aromatic N) is 2. The van der Waals surface area contributed by atoms with Crippen molar-refractivity contribution in [3.63, 3.8) is 0 Å². The Kier molecular flexibility index (Phi) is 2.84. The molecule has 0 spiro atoms. The summed E-state index contributed by atoms with van der Waals surface area (Å²) in [7, 11) is 0. The molecule has 0 amide bonds. The Labute approximate surface area is 86.9 Å². The summed E-state index contributed by atoms with van der Waals surface area (Å²) >= 11 is 5.76. The third-order valence-corrected chi connectivity index (χ3v) is 2.60. The molecule has 1 N–H and O–H groups in total. The second-order valence-corrected chi connectivity index (χ2v) is 3.94. The van der Waals surface area contributed by atoms with E-state index in [1.165, 1.54) is 12.6 Å². The van der Waals surface area contributed by atoms with Crippen molar-refractivity contribution in [3.8, 4) is 0 Å². The number of rotatable bonds is 2. The molecule has 0 aliphatic carbocycles. The first-order valence-electron chi connectivity index (χ1n) is 4.71. The maximum Gasteiger partial charge on any atom is 0.347 e. The van der Waals surface area contributed by atoms with Crippen LogP contribution in [0.15, 0.2) is 17.2 Å². The van der Waals surface area contributed by atoms with E-state index in [-0.39, 0.29) is 5.69 Å². The zero-order valence-electron chi connectivity index (χ0n) is 7.74. The van der Waals surface area contributed by atoms with Crippen molar-refractivity contribution in [2.75, 3.05) is 6.54 Å². The fourth-order valence-electron chi connectivity index (χ4n) is 1.71. The Morgan fingerprint density at radius 1 is 1.71 bits per heavy atom. The average molecular weight is 214 g/mol. The highest BCUT2D eigenvalue weighted by Gasteiger charge is 2.14. The molecule has 1 atom stereocenters. The highest BCUT2D eigenvalue weighted by Crippen LogP contribution is 2.08. The Bertz CT molecular complexity index is 371. The van der Waals surface area contributed by atoms with Crippen LogP contribution in [0.25, 0.3) is 0 Å². The van der Waals surface area contributed by atoms with Gasteiger partial charge >= 0.3 is 5.69 Å². The Morgan fingerprint density at radius 3 is 3.29 bits per heavy atom. The van der Waals surface area contributed by atoms with E-state index < -0.39 is 0 Å². The van der Waals surface area contributed by atoms with Crippen LogP contribution in [-0.4, -0.2) is 22.1 Å². The predicted molar refractivity (Wildman–Crippen MR) is 54.5 cm³/mol. The summed E-state index contributed by atoms with van der Waals surface area (Å²) in [6.45, 7) is 1.69. The lowest BCUT2D eigenvalue weighted by atomic mass is 10.2. The van der Waals surface area contributed by atoms with E-state index in [0.717, 1.165) is 13.0 Å². The van der Waals surface area contributed by atoms with Crippen LogP contribution in [0.3, 0.4) is 0 Å². The van der Waals surface area contributed by atoms with Crippen LogP contribution in [0.5, 0.6) is 0 Å². The minimum atomic E-state index is -0.233. The SMILES string of the molecule is O=c1ncc(Cl)cn1C[C@H]1CCCN1. The molecule has 2 rings (SSSR count). The second kappa shape index (κ2) is 4.11. The molecule has 1 aromatic rings. The third-order valence-electron chi connectivity index (χ3n) is 2.40. The van der Waals surface area contributed by atoms with Crippen molar-refractivity contribution in [2.24, 2.45) is 0 Å². The summed E-state index contributed by atoms with van der Waals surface area (Å²) in [6, 6.07) is 0.382. The molecule has 4 nitrogen and oxygen atoms in total. The van der Waals surface area contributed by atoms with Crippen molar-refractivity contribution in [2.45, 2.75) is 25.4 Å². The summed E-state index contributed by atoms with van der Waals surface area (Å²) in [4.78, 5) is 15.0. The molecule has 0 radical (unpaired) electrons. The van der Waals surface area contributed by atoms with Crippen LogP contribution < -0.4 is 11.0 Å². The van der Waals surface area contributed by atoms with Crippen LogP contribution in [-0.2, 0) is 6.54 Å². The monoisotopic (exact) mass is 213 g/mol. The van der Waals surface area contributed by atoms with Gasteiger partial charge in [-0.15, -0.1) is 0 Å².